The van der Waals surface area contributed by atoms with Crippen molar-refractivity contribution in [2.45, 2.75) is 23.1 Å². The molecule has 0 aromatic heterocycles. The van der Waals surface area contributed by atoms with Gasteiger partial charge in [0.2, 0.25) is 0 Å². The van der Waals surface area contributed by atoms with Gasteiger partial charge in [0.15, 0.2) is 0 Å². The van der Waals surface area contributed by atoms with E-state index in [9.17, 15) is 14.9 Å². The van der Waals surface area contributed by atoms with Crippen molar-refractivity contribution in [1.82, 2.24) is 0 Å². The summed E-state index contributed by atoms with van der Waals surface area (Å²) >= 11 is 4.64. The quantitative estimate of drug-likeness (QED) is 0.411. The Morgan fingerprint density at radius 2 is 2.00 bits per heavy atom. The maximum atomic E-state index is 11.8. The standard InChI is InChI=1S/C16H13BrN2O3S/c1-3-10-8-15(23-12-6-4-11(17)5-7-12)14(19(21)22)9-13(10)16(20)18-2/h4-9H,2-3H2,1H3. The molecule has 0 aliphatic heterocycles. The lowest BCUT2D eigenvalue weighted by molar-refractivity contribution is -0.387. The molecule has 2 rings (SSSR count). The molecule has 0 saturated carbocycles. The number of rotatable bonds is 5. The Morgan fingerprint density at radius 1 is 1.35 bits per heavy atom. The van der Waals surface area contributed by atoms with Gasteiger partial charge in [0.1, 0.15) is 0 Å². The van der Waals surface area contributed by atoms with Gasteiger partial charge in [-0.15, -0.1) is 0 Å². The Bertz CT molecular complexity index is 776. The number of nitro groups is 1. The van der Waals surface area contributed by atoms with Gasteiger partial charge in [-0.1, -0.05) is 34.6 Å². The molecule has 0 fully saturated rings. The summed E-state index contributed by atoms with van der Waals surface area (Å²) in [5.41, 5.74) is 0.837. The van der Waals surface area contributed by atoms with Crippen LogP contribution in [0.15, 0.2) is 55.7 Å². The van der Waals surface area contributed by atoms with E-state index in [1.54, 1.807) is 6.07 Å². The number of nitro benzene ring substituents is 1. The molecule has 0 aliphatic rings. The molecular weight excluding hydrogens is 380 g/mol. The van der Waals surface area contributed by atoms with E-state index >= 15 is 0 Å². The molecule has 0 spiro atoms. The van der Waals surface area contributed by atoms with Crippen molar-refractivity contribution in [3.63, 3.8) is 0 Å². The fourth-order valence-corrected chi connectivity index (χ4v) is 3.27. The molecule has 5 nitrogen and oxygen atoms in total. The number of hydrogen-bond acceptors (Lipinski definition) is 4. The summed E-state index contributed by atoms with van der Waals surface area (Å²) in [6, 6.07) is 10.5. The minimum absolute atomic E-state index is 0.109. The van der Waals surface area contributed by atoms with Gasteiger partial charge >= 0.3 is 0 Å². The van der Waals surface area contributed by atoms with Crippen LogP contribution in [0.4, 0.5) is 5.69 Å². The summed E-state index contributed by atoms with van der Waals surface area (Å²) in [6.45, 7) is 5.09. The molecule has 1 amide bonds. The van der Waals surface area contributed by atoms with Crippen LogP contribution in [0.2, 0.25) is 0 Å². The molecule has 118 valence electrons. The monoisotopic (exact) mass is 392 g/mol. The zero-order valence-corrected chi connectivity index (χ0v) is 14.7. The third kappa shape index (κ3) is 4.05. The highest BCUT2D eigenvalue weighted by atomic mass is 79.9. The Balaban J connectivity index is 2.53. The molecule has 0 radical (unpaired) electrons. The number of nitrogens with zero attached hydrogens (tertiary/aromatic N) is 2. The van der Waals surface area contributed by atoms with E-state index < -0.39 is 10.8 Å². The van der Waals surface area contributed by atoms with E-state index in [0.717, 1.165) is 9.37 Å². The van der Waals surface area contributed by atoms with Crippen molar-refractivity contribution in [3.8, 4) is 0 Å². The summed E-state index contributed by atoms with van der Waals surface area (Å²) in [6.07, 6.45) is 0.572. The van der Waals surface area contributed by atoms with Crippen LogP contribution in [0.3, 0.4) is 0 Å². The third-order valence-electron chi connectivity index (χ3n) is 3.18. The average Bonchev–Trinajstić information content (AvgIpc) is 2.55. The summed E-state index contributed by atoms with van der Waals surface area (Å²) < 4.78 is 0.934. The van der Waals surface area contributed by atoms with Gasteiger partial charge in [-0.2, -0.15) is 0 Å². The third-order valence-corrected chi connectivity index (χ3v) is 4.76. The van der Waals surface area contributed by atoms with E-state index in [2.05, 4.69) is 27.6 Å². The lowest BCUT2D eigenvalue weighted by Gasteiger charge is -2.09. The van der Waals surface area contributed by atoms with Crippen molar-refractivity contribution in [3.05, 3.63) is 62.1 Å². The molecule has 2 aromatic rings. The molecule has 0 bridgehead atoms. The fourth-order valence-electron chi connectivity index (χ4n) is 2.04. The van der Waals surface area contributed by atoms with Crippen molar-refractivity contribution in [2.24, 2.45) is 4.99 Å². The normalized spacial score (nSPS) is 10.3. The highest BCUT2D eigenvalue weighted by Gasteiger charge is 2.21. The maximum Gasteiger partial charge on any atom is 0.284 e. The van der Waals surface area contributed by atoms with Crippen molar-refractivity contribution < 1.29 is 9.72 Å². The number of aryl methyl sites for hydroxylation is 1. The van der Waals surface area contributed by atoms with Crippen molar-refractivity contribution in [2.75, 3.05) is 0 Å². The van der Waals surface area contributed by atoms with Gasteiger partial charge in [0, 0.05) is 15.4 Å². The number of carbonyl (C=O) groups is 1. The van der Waals surface area contributed by atoms with Gasteiger partial charge in [-0.3, -0.25) is 14.9 Å². The Kier molecular flexibility index (Phi) is 5.68. The summed E-state index contributed by atoms with van der Waals surface area (Å²) in [4.78, 5) is 27.4. The number of hydrogen-bond donors (Lipinski definition) is 0. The first-order chi connectivity index (χ1) is 11.0. The van der Waals surface area contributed by atoms with Crippen molar-refractivity contribution >= 4 is 46.0 Å². The number of halogens is 1. The molecule has 7 heteroatoms. The van der Waals surface area contributed by atoms with Crippen LogP contribution in [-0.2, 0) is 6.42 Å². The van der Waals surface area contributed by atoms with Crippen LogP contribution in [0.25, 0.3) is 0 Å². The van der Waals surface area contributed by atoms with Gasteiger partial charge in [-0.25, -0.2) is 4.99 Å². The van der Waals surface area contributed by atoms with E-state index in [0.29, 0.717) is 16.9 Å². The molecule has 0 aliphatic carbocycles. The fraction of sp³-hybridized carbons (Fsp3) is 0.125. The highest BCUT2D eigenvalue weighted by Crippen LogP contribution is 2.37. The highest BCUT2D eigenvalue weighted by molar-refractivity contribution is 9.10. The molecule has 0 saturated heterocycles. The molecular formula is C16H13BrN2O3S. The second kappa shape index (κ2) is 7.52. The van der Waals surface area contributed by atoms with E-state index in [-0.39, 0.29) is 11.3 Å². The molecule has 0 N–H and O–H groups in total. The van der Waals surface area contributed by atoms with Crippen LogP contribution < -0.4 is 0 Å². The minimum atomic E-state index is -0.551. The summed E-state index contributed by atoms with van der Waals surface area (Å²) in [5, 5.41) is 11.4. The number of aliphatic imine (C=N–C) groups is 1. The van der Waals surface area contributed by atoms with Gasteiger partial charge in [-0.05, 0) is 49.0 Å². The molecule has 23 heavy (non-hydrogen) atoms. The summed E-state index contributed by atoms with van der Waals surface area (Å²) in [5.74, 6) is -0.551. The van der Waals surface area contributed by atoms with Gasteiger partial charge < -0.3 is 0 Å². The van der Waals surface area contributed by atoms with E-state index in [1.165, 1.54) is 17.8 Å². The maximum absolute atomic E-state index is 11.8. The lowest BCUT2D eigenvalue weighted by atomic mass is 10.0. The SMILES string of the molecule is C=NC(=O)c1cc([N+](=O)[O-])c(Sc2ccc(Br)cc2)cc1CC. The number of carbonyl (C=O) groups excluding carboxylic acids is 1. The zero-order chi connectivity index (χ0) is 17.0. The second-order valence-electron chi connectivity index (χ2n) is 4.61. The lowest BCUT2D eigenvalue weighted by Crippen LogP contribution is -2.03. The van der Waals surface area contributed by atoms with Crippen LogP contribution in [0, 0.1) is 10.1 Å². The minimum Gasteiger partial charge on any atom is -0.267 e. The van der Waals surface area contributed by atoms with Crippen LogP contribution >= 0.6 is 27.7 Å². The predicted octanol–water partition coefficient (Wildman–Crippen LogP) is 4.91. The number of benzene rings is 2. The molecule has 0 atom stereocenters. The molecule has 0 unspecified atom stereocenters. The smallest absolute Gasteiger partial charge is 0.267 e. The zero-order valence-electron chi connectivity index (χ0n) is 12.3. The Morgan fingerprint density at radius 3 is 2.52 bits per heavy atom. The summed E-state index contributed by atoms with van der Waals surface area (Å²) in [7, 11) is 0. The largest absolute Gasteiger partial charge is 0.284 e. The first kappa shape index (κ1) is 17.4. The number of amides is 1. The topological polar surface area (TPSA) is 72.6 Å². The van der Waals surface area contributed by atoms with Gasteiger partial charge in [0.05, 0.1) is 15.4 Å². The van der Waals surface area contributed by atoms with Crippen LogP contribution in [-0.4, -0.2) is 17.5 Å². The Labute approximate surface area is 146 Å². The predicted molar refractivity (Wildman–Crippen MR) is 94.6 cm³/mol. The van der Waals surface area contributed by atoms with E-state index in [1.807, 2.05) is 31.2 Å². The van der Waals surface area contributed by atoms with Crippen molar-refractivity contribution in [1.29, 1.82) is 0 Å². The van der Waals surface area contributed by atoms with E-state index in [4.69, 9.17) is 0 Å². The average molecular weight is 393 g/mol. The first-order valence-corrected chi connectivity index (χ1v) is 8.33. The van der Waals surface area contributed by atoms with Gasteiger partial charge in [0.25, 0.3) is 11.6 Å². The molecule has 0 heterocycles. The van der Waals surface area contributed by atoms with Crippen LogP contribution in [0.1, 0.15) is 22.8 Å². The Hall–Kier alpha value is -1.99. The molecule has 2 aromatic carbocycles. The first-order valence-electron chi connectivity index (χ1n) is 6.72. The second-order valence-corrected chi connectivity index (χ2v) is 6.64. The van der Waals surface area contributed by atoms with Crippen LogP contribution in [0.5, 0.6) is 0 Å².